The molecule has 2 aliphatic rings. The van der Waals surface area contributed by atoms with Gasteiger partial charge in [-0.3, -0.25) is 14.2 Å². The second-order valence-electron chi connectivity index (χ2n) is 9.91. The first kappa shape index (κ1) is 28.8. The monoisotopic (exact) mass is 595 g/mol. The largest absolute Gasteiger partial charge is 0.483 e. The van der Waals surface area contributed by atoms with Gasteiger partial charge in [0.25, 0.3) is 11.5 Å². The van der Waals surface area contributed by atoms with Crippen molar-refractivity contribution in [2.24, 2.45) is 4.99 Å². The number of ether oxygens (including phenoxy) is 3. The third-order valence-corrected chi connectivity index (χ3v) is 7.89. The van der Waals surface area contributed by atoms with Crippen LogP contribution >= 0.6 is 22.9 Å². The van der Waals surface area contributed by atoms with Crippen LogP contribution in [0.15, 0.2) is 69.6 Å². The number of thiazole rings is 1. The van der Waals surface area contributed by atoms with Gasteiger partial charge in [-0.05, 0) is 50.6 Å². The molecule has 3 heterocycles. The Labute approximate surface area is 245 Å². The highest BCUT2D eigenvalue weighted by molar-refractivity contribution is 7.07. The molecule has 5 rings (SSSR count). The van der Waals surface area contributed by atoms with E-state index in [1.165, 1.54) is 15.9 Å². The average molecular weight is 596 g/mol. The van der Waals surface area contributed by atoms with Gasteiger partial charge in [0, 0.05) is 23.7 Å². The molecule has 3 aromatic rings. The number of benzene rings is 2. The van der Waals surface area contributed by atoms with Gasteiger partial charge in [-0.15, -0.1) is 0 Å². The summed E-state index contributed by atoms with van der Waals surface area (Å²) >= 11 is 7.51. The molecule has 1 fully saturated rings. The van der Waals surface area contributed by atoms with Gasteiger partial charge in [0.2, 0.25) is 0 Å². The molecule has 1 aromatic heterocycles. The second kappa shape index (κ2) is 12.4. The van der Waals surface area contributed by atoms with E-state index in [1.54, 1.807) is 49.9 Å². The number of hydrogen-bond donors (Lipinski definition) is 0. The molecule has 0 spiro atoms. The number of hydrogen-bond acceptors (Lipinski definition) is 8. The van der Waals surface area contributed by atoms with Crippen molar-refractivity contribution in [3.05, 3.63) is 95.6 Å². The van der Waals surface area contributed by atoms with Crippen LogP contribution in [-0.4, -0.2) is 60.4 Å². The van der Waals surface area contributed by atoms with Crippen molar-refractivity contribution in [2.45, 2.75) is 32.9 Å². The van der Waals surface area contributed by atoms with Crippen molar-refractivity contribution < 1.29 is 23.8 Å². The van der Waals surface area contributed by atoms with E-state index >= 15 is 0 Å². The molecule has 1 atom stereocenters. The molecule has 2 aliphatic heterocycles. The third kappa shape index (κ3) is 6.29. The Bertz CT molecular complexity index is 1670. The maximum atomic E-state index is 13.9. The number of carbonyl (C=O) groups excluding carboxylic acids is 2. The van der Waals surface area contributed by atoms with Gasteiger partial charge in [0.05, 0.1) is 41.2 Å². The topological polar surface area (TPSA) is 99.4 Å². The Morgan fingerprint density at radius 2 is 1.90 bits per heavy atom. The fourth-order valence-electron chi connectivity index (χ4n) is 4.76. The van der Waals surface area contributed by atoms with Gasteiger partial charge in [-0.2, -0.15) is 0 Å². The summed E-state index contributed by atoms with van der Waals surface area (Å²) in [7, 11) is 0. The minimum absolute atomic E-state index is 0.146. The Morgan fingerprint density at radius 3 is 2.61 bits per heavy atom. The maximum Gasteiger partial charge on any atom is 0.338 e. The first-order valence-corrected chi connectivity index (χ1v) is 14.5. The van der Waals surface area contributed by atoms with Gasteiger partial charge in [-0.1, -0.05) is 53.3 Å². The van der Waals surface area contributed by atoms with Crippen molar-refractivity contribution in [3.8, 4) is 5.75 Å². The minimum Gasteiger partial charge on any atom is -0.483 e. The summed E-state index contributed by atoms with van der Waals surface area (Å²) in [6, 6.07) is 13.7. The highest BCUT2D eigenvalue weighted by Crippen LogP contribution is 2.31. The summed E-state index contributed by atoms with van der Waals surface area (Å²) in [5.74, 6) is -0.244. The molecule has 2 aromatic carbocycles. The summed E-state index contributed by atoms with van der Waals surface area (Å²) < 4.78 is 18.7. The second-order valence-corrected chi connectivity index (χ2v) is 11.4. The van der Waals surface area contributed by atoms with E-state index in [4.69, 9.17) is 25.8 Å². The number of aromatic nitrogens is 1. The molecule has 41 heavy (non-hydrogen) atoms. The average Bonchev–Trinajstić information content (AvgIpc) is 3.26. The Morgan fingerprint density at radius 1 is 1.17 bits per heavy atom. The van der Waals surface area contributed by atoms with Gasteiger partial charge >= 0.3 is 5.97 Å². The smallest absolute Gasteiger partial charge is 0.338 e. The molecule has 0 N–H and O–H groups in total. The predicted octanol–water partition coefficient (Wildman–Crippen LogP) is 3.08. The lowest BCUT2D eigenvalue weighted by Gasteiger charge is -2.26. The lowest BCUT2D eigenvalue weighted by Crippen LogP contribution is -2.43. The molecule has 0 bridgehead atoms. The summed E-state index contributed by atoms with van der Waals surface area (Å²) in [5, 5.41) is 0.451. The quantitative estimate of drug-likeness (QED) is 0.389. The van der Waals surface area contributed by atoms with Crippen molar-refractivity contribution >= 4 is 40.9 Å². The molecule has 1 saturated heterocycles. The Hall–Kier alpha value is -3.73. The normalized spacial score (nSPS) is 17.3. The van der Waals surface area contributed by atoms with Crippen molar-refractivity contribution in [1.29, 1.82) is 0 Å². The van der Waals surface area contributed by atoms with Gasteiger partial charge in [-0.25, -0.2) is 9.79 Å². The maximum absolute atomic E-state index is 13.9. The van der Waals surface area contributed by atoms with Crippen LogP contribution in [0.4, 0.5) is 0 Å². The van der Waals surface area contributed by atoms with E-state index in [2.05, 4.69) is 4.99 Å². The van der Waals surface area contributed by atoms with Crippen LogP contribution < -0.4 is 19.6 Å². The van der Waals surface area contributed by atoms with Crippen LogP contribution in [0.1, 0.15) is 37.9 Å². The number of morpholine rings is 1. The number of rotatable bonds is 7. The molecule has 0 radical (unpaired) electrons. The Balaban J connectivity index is 1.55. The zero-order valence-electron chi connectivity index (χ0n) is 23.0. The molecule has 1 unspecified atom stereocenters. The standard InChI is InChI=1S/C30H30ClN3O6S/c1-18(2)40-29(37)26-19(3)32-30-34(27(26)20-7-5-4-6-8-20)28(36)24(41-30)16-21-15-22(31)9-10-23(21)39-17-25(35)33-11-13-38-14-12-33/h4-10,15-16,18,27H,11-14,17H2,1-3H3. The highest BCUT2D eigenvalue weighted by atomic mass is 35.5. The molecule has 0 aliphatic carbocycles. The summed E-state index contributed by atoms with van der Waals surface area (Å²) in [4.78, 5) is 46.6. The van der Waals surface area contributed by atoms with E-state index in [9.17, 15) is 14.4 Å². The molecule has 1 amide bonds. The summed E-state index contributed by atoms with van der Waals surface area (Å²) in [6.45, 7) is 7.19. The van der Waals surface area contributed by atoms with Gasteiger partial charge < -0.3 is 19.1 Å². The van der Waals surface area contributed by atoms with Crippen molar-refractivity contribution in [3.63, 3.8) is 0 Å². The molecule has 11 heteroatoms. The van der Waals surface area contributed by atoms with E-state index in [0.29, 0.717) is 63.2 Å². The van der Waals surface area contributed by atoms with E-state index in [1.807, 2.05) is 30.3 Å². The van der Waals surface area contributed by atoms with Crippen LogP contribution in [0, 0.1) is 0 Å². The lowest BCUT2D eigenvalue weighted by atomic mass is 9.96. The Kier molecular flexibility index (Phi) is 8.72. The van der Waals surface area contributed by atoms with E-state index in [-0.39, 0.29) is 24.2 Å². The summed E-state index contributed by atoms with van der Waals surface area (Å²) in [6.07, 6.45) is 1.35. The number of fused-ring (bicyclic) bond motifs is 1. The number of nitrogens with zero attached hydrogens (tertiary/aromatic N) is 3. The predicted molar refractivity (Wildman–Crippen MR) is 156 cm³/mol. The van der Waals surface area contributed by atoms with Crippen LogP contribution in [0.3, 0.4) is 0 Å². The number of allylic oxidation sites excluding steroid dienone is 1. The van der Waals surface area contributed by atoms with Crippen LogP contribution in [0.2, 0.25) is 5.02 Å². The SMILES string of the molecule is CC1=C(C(=O)OC(C)C)C(c2ccccc2)n2c(sc(=Cc3cc(Cl)ccc3OCC(=O)N3CCOCC3)c2=O)=N1. The number of halogens is 1. The minimum atomic E-state index is -0.706. The third-order valence-electron chi connectivity index (χ3n) is 6.67. The number of esters is 1. The number of amides is 1. The van der Waals surface area contributed by atoms with Gasteiger partial charge in [0.1, 0.15) is 5.75 Å². The molecular weight excluding hydrogens is 566 g/mol. The zero-order valence-corrected chi connectivity index (χ0v) is 24.5. The number of carbonyl (C=O) groups is 2. The molecule has 9 nitrogen and oxygen atoms in total. The molecular formula is C30H30ClN3O6S. The molecule has 214 valence electrons. The van der Waals surface area contributed by atoms with Crippen LogP contribution in [0.25, 0.3) is 6.08 Å². The van der Waals surface area contributed by atoms with Gasteiger partial charge in [0.15, 0.2) is 11.4 Å². The first-order valence-electron chi connectivity index (χ1n) is 13.3. The van der Waals surface area contributed by atoms with Crippen molar-refractivity contribution in [1.82, 2.24) is 9.47 Å². The first-order chi connectivity index (χ1) is 19.7. The van der Waals surface area contributed by atoms with E-state index in [0.717, 1.165) is 5.56 Å². The fraction of sp³-hybridized carbons (Fsp3) is 0.333. The zero-order chi connectivity index (χ0) is 29.1. The highest BCUT2D eigenvalue weighted by Gasteiger charge is 2.33. The summed E-state index contributed by atoms with van der Waals surface area (Å²) in [5.41, 5.74) is 1.80. The van der Waals surface area contributed by atoms with Crippen LogP contribution in [0.5, 0.6) is 5.75 Å². The molecule has 0 saturated carbocycles. The van der Waals surface area contributed by atoms with Crippen molar-refractivity contribution in [2.75, 3.05) is 32.9 Å². The lowest BCUT2D eigenvalue weighted by molar-refractivity contribution is -0.143. The van der Waals surface area contributed by atoms with E-state index < -0.39 is 12.0 Å². The fourth-order valence-corrected chi connectivity index (χ4v) is 5.98. The van der Waals surface area contributed by atoms with Crippen LogP contribution in [-0.2, 0) is 19.1 Å².